The average molecular weight is 276 g/mol. The van der Waals surface area contributed by atoms with Gasteiger partial charge in [-0.15, -0.1) is 0 Å². The quantitative estimate of drug-likeness (QED) is 0.828. The summed E-state index contributed by atoms with van der Waals surface area (Å²) >= 11 is 0. The van der Waals surface area contributed by atoms with Crippen LogP contribution in [0.5, 0.6) is 0 Å². The van der Waals surface area contributed by atoms with Gasteiger partial charge in [-0.25, -0.2) is 4.39 Å². The fourth-order valence-corrected chi connectivity index (χ4v) is 2.63. The van der Waals surface area contributed by atoms with Gasteiger partial charge >= 0.3 is 0 Å². The van der Waals surface area contributed by atoms with Gasteiger partial charge in [0, 0.05) is 5.92 Å². The molecule has 0 atom stereocenters. The van der Waals surface area contributed by atoms with Crippen LogP contribution in [-0.2, 0) is 0 Å². The molecule has 2 rings (SSSR count). The number of nitrogens with zero attached hydrogens (tertiary/aromatic N) is 1. The van der Waals surface area contributed by atoms with E-state index in [2.05, 4.69) is 19.0 Å². The number of aromatic nitrogens is 1. The summed E-state index contributed by atoms with van der Waals surface area (Å²) in [6.45, 7) is 4.29. The molecule has 0 radical (unpaired) electrons. The molecule has 20 heavy (non-hydrogen) atoms. The predicted octanol–water partition coefficient (Wildman–Crippen LogP) is 4.75. The molecule has 0 aliphatic rings. The summed E-state index contributed by atoms with van der Waals surface area (Å²) in [6.07, 6.45) is 4.16. The molecule has 1 heterocycles. The molecule has 108 valence electrons. The molecule has 0 spiro atoms. The lowest BCUT2D eigenvalue weighted by molar-refractivity contribution is 0.346. The van der Waals surface area contributed by atoms with Gasteiger partial charge in [0.25, 0.3) is 0 Å². The summed E-state index contributed by atoms with van der Waals surface area (Å²) in [5.74, 6) is 1.13. The van der Waals surface area contributed by atoms with Crippen molar-refractivity contribution in [3.05, 3.63) is 35.8 Å². The Bertz CT molecular complexity index is 559. The maximum Gasteiger partial charge on any atom is 0.175 e. The molecule has 0 fully saturated rings. The van der Waals surface area contributed by atoms with Crippen molar-refractivity contribution in [2.24, 2.45) is 0 Å². The number of benzene rings is 1. The van der Waals surface area contributed by atoms with Gasteiger partial charge in [-0.1, -0.05) is 44.0 Å². The lowest BCUT2D eigenvalue weighted by Crippen LogP contribution is -2.00. The van der Waals surface area contributed by atoms with E-state index >= 15 is 0 Å². The van der Waals surface area contributed by atoms with Crippen molar-refractivity contribution in [2.75, 3.05) is 5.73 Å². The van der Waals surface area contributed by atoms with Gasteiger partial charge in [-0.3, -0.25) is 0 Å². The van der Waals surface area contributed by atoms with E-state index in [0.717, 1.165) is 42.6 Å². The standard InChI is InChI=1S/C16H21FN2O/c1-3-6-11(7-4-2)15-14(16(18)19-20-15)12-8-5-9-13(17)10-12/h5,8-11H,3-4,6-7H2,1-2H3,(H2,18,19). The van der Waals surface area contributed by atoms with Gasteiger partial charge in [0.2, 0.25) is 0 Å². The van der Waals surface area contributed by atoms with Gasteiger partial charge < -0.3 is 10.3 Å². The SMILES string of the molecule is CCCC(CCC)c1onc(N)c1-c1cccc(F)c1. The highest BCUT2D eigenvalue weighted by molar-refractivity contribution is 5.75. The Labute approximate surface area is 119 Å². The molecule has 0 aliphatic heterocycles. The molecule has 0 aliphatic carbocycles. The Morgan fingerprint density at radius 3 is 2.55 bits per heavy atom. The third-order valence-corrected chi connectivity index (χ3v) is 3.50. The number of rotatable bonds is 6. The van der Waals surface area contributed by atoms with Crippen molar-refractivity contribution in [1.82, 2.24) is 5.16 Å². The molecule has 2 N–H and O–H groups in total. The van der Waals surface area contributed by atoms with E-state index in [4.69, 9.17) is 10.3 Å². The summed E-state index contributed by atoms with van der Waals surface area (Å²) in [5, 5.41) is 3.89. The second-order valence-electron chi connectivity index (χ2n) is 5.09. The van der Waals surface area contributed by atoms with E-state index < -0.39 is 0 Å². The number of hydrogen-bond donors (Lipinski definition) is 1. The fourth-order valence-electron chi connectivity index (χ4n) is 2.63. The van der Waals surface area contributed by atoms with Crippen LogP contribution in [-0.4, -0.2) is 5.16 Å². The first kappa shape index (κ1) is 14.6. The van der Waals surface area contributed by atoms with Crippen molar-refractivity contribution in [3.63, 3.8) is 0 Å². The molecule has 0 amide bonds. The van der Waals surface area contributed by atoms with E-state index in [0.29, 0.717) is 5.82 Å². The highest BCUT2D eigenvalue weighted by atomic mass is 19.1. The Balaban J connectivity index is 2.45. The lowest BCUT2D eigenvalue weighted by Gasteiger charge is -2.13. The van der Waals surface area contributed by atoms with Crippen LogP contribution in [0.15, 0.2) is 28.8 Å². The first-order valence-corrected chi connectivity index (χ1v) is 7.18. The first-order valence-electron chi connectivity index (χ1n) is 7.18. The molecule has 4 heteroatoms. The van der Waals surface area contributed by atoms with Crippen molar-refractivity contribution >= 4 is 5.82 Å². The third-order valence-electron chi connectivity index (χ3n) is 3.50. The monoisotopic (exact) mass is 276 g/mol. The van der Waals surface area contributed by atoms with Crippen LogP contribution in [0.3, 0.4) is 0 Å². The number of hydrogen-bond acceptors (Lipinski definition) is 3. The number of nitrogens with two attached hydrogens (primary N) is 1. The van der Waals surface area contributed by atoms with E-state index in [-0.39, 0.29) is 11.7 Å². The van der Waals surface area contributed by atoms with Crippen LogP contribution in [0.2, 0.25) is 0 Å². The van der Waals surface area contributed by atoms with Crippen LogP contribution in [0, 0.1) is 5.82 Å². The smallest absolute Gasteiger partial charge is 0.175 e. The Kier molecular flexibility index (Phi) is 4.77. The van der Waals surface area contributed by atoms with E-state index in [9.17, 15) is 4.39 Å². The van der Waals surface area contributed by atoms with Crippen LogP contribution in [0.1, 0.15) is 51.2 Å². The second kappa shape index (κ2) is 6.55. The highest BCUT2D eigenvalue weighted by Gasteiger charge is 2.23. The molecular formula is C16H21FN2O. The normalized spacial score (nSPS) is 11.2. The van der Waals surface area contributed by atoms with Gasteiger partial charge in [0.15, 0.2) is 5.82 Å². The second-order valence-corrected chi connectivity index (χ2v) is 5.09. The zero-order valence-corrected chi connectivity index (χ0v) is 12.0. The topological polar surface area (TPSA) is 52.0 Å². The summed E-state index contributed by atoms with van der Waals surface area (Å²) in [6, 6.07) is 6.41. The van der Waals surface area contributed by atoms with Gasteiger partial charge in [0.05, 0.1) is 5.56 Å². The highest BCUT2D eigenvalue weighted by Crippen LogP contribution is 2.38. The minimum atomic E-state index is -0.281. The van der Waals surface area contributed by atoms with E-state index in [1.165, 1.54) is 12.1 Å². The van der Waals surface area contributed by atoms with Gasteiger partial charge in [0.1, 0.15) is 11.6 Å². The van der Waals surface area contributed by atoms with Crippen LogP contribution in [0.4, 0.5) is 10.2 Å². The molecule has 1 aromatic carbocycles. The van der Waals surface area contributed by atoms with E-state index in [1.54, 1.807) is 6.07 Å². The van der Waals surface area contributed by atoms with E-state index in [1.807, 2.05) is 6.07 Å². The van der Waals surface area contributed by atoms with Crippen molar-refractivity contribution in [2.45, 2.75) is 45.4 Å². The number of halogens is 1. The van der Waals surface area contributed by atoms with Crippen molar-refractivity contribution < 1.29 is 8.91 Å². The predicted molar refractivity (Wildman–Crippen MR) is 78.9 cm³/mol. The summed E-state index contributed by atoms with van der Waals surface area (Å²) < 4.78 is 18.9. The first-order chi connectivity index (χ1) is 9.67. The number of anilines is 1. The summed E-state index contributed by atoms with van der Waals surface area (Å²) in [7, 11) is 0. The summed E-state index contributed by atoms with van der Waals surface area (Å²) in [5.41, 5.74) is 7.41. The minimum Gasteiger partial charge on any atom is -0.380 e. The average Bonchev–Trinajstić information content (AvgIpc) is 2.80. The fraction of sp³-hybridized carbons (Fsp3) is 0.438. The lowest BCUT2D eigenvalue weighted by atomic mass is 9.91. The largest absolute Gasteiger partial charge is 0.380 e. The minimum absolute atomic E-state index is 0.281. The maximum absolute atomic E-state index is 13.4. The Morgan fingerprint density at radius 1 is 1.25 bits per heavy atom. The van der Waals surface area contributed by atoms with Crippen LogP contribution >= 0.6 is 0 Å². The zero-order valence-electron chi connectivity index (χ0n) is 12.0. The maximum atomic E-state index is 13.4. The molecular weight excluding hydrogens is 255 g/mol. The summed E-state index contributed by atoms with van der Waals surface area (Å²) in [4.78, 5) is 0. The molecule has 0 saturated heterocycles. The molecule has 2 aromatic rings. The molecule has 0 unspecified atom stereocenters. The van der Waals surface area contributed by atoms with Gasteiger partial charge in [-0.2, -0.15) is 0 Å². The third kappa shape index (κ3) is 3.00. The molecule has 0 bridgehead atoms. The van der Waals surface area contributed by atoms with Crippen LogP contribution in [0.25, 0.3) is 11.1 Å². The van der Waals surface area contributed by atoms with Crippen molar-refractivity contribution in [1.29, 1.82) is 0 Å². The van der Waals surface area contributed by atoms with Crippen LogP contribution < -0.4 is 5.73 Å². The molecule has 3 nitrogen and oxygen atoms in total. The molecule has 1 aromatic heterocycles. The molecule has 0 saturated carbocycles. The number of nitrogen functional groups attached to an aromatic ring is 1. The zero-order chi connectivity index (χ0) is 14.5. The Morgan fingerprint density at radius 2 is 1.95 bits per heavy atom. The van der Waals surface area contributed by atoms with Gasteiger partial charge in [-0.05, 0) is 30.5 Å². The van der Waals surface area contributed by atoms with Crippen molar-refractivity contribution in [3.8, 4) is 11.1 Å². The Hall–Kier alpha value is -1.84.